The van der Waals surface area contributed by atoms with Gasteiger partial charge >= 0.3 is 10.2 Å². The molecule has 2 aromatic carbocycles. The van der Waals surface area contributed by atoms with Crippen molar-refractivity contribution in [1.29, 1.82) is 0 Å². The van der Waals surface area contributed by atoms with Crippen LogP contribution >= 0.6 is 0 Å². The minimum absolute atomic E-state index is 0.00702. The summed E-state index contributed by atoms with van der Waals surface area (Å²) < 4.78 is 28.5. The predicted octanol–water partition coefficient (Wildman–Crippen LogP) is 2.89. The lowest BCUT2D eigenvalue weighted by atomic mass is 10.1. The first kappa shape index (κ1) is 20.4. The van der Waals surface area contributed by atoms with Gasteiger partial charge in [0.2, 0.25) is 5.91 Å². The van der Waals surface area contributed by atoms with Crippen LogP contribution in [-0.2, 0) is 21.4 Å². The summed E-state index contributed by atoms with van der Waals surface area (Å²) >= 11 is 0. The molecule has 28 heavy (non-hydrogen) atoms. The topological polar surface area (TPSA) is 60.9 Å². The Balaban J connectivity index is 2.01. The molecule has 1 heterocycles. The average molecular weight is 402 g/mol. The van der Waals surface area contributed by atoms with Crippen LogP contribution in [0.3, 0.4) is 0 Å². The molecule has 3 rings (SSSR count). The first-order chi connectivity index (χ1) is 13.1. The highest BCUT2D eigenvalue weighted by Crippen LogP contribution is 2.33. The second-order valence-electron chi connectivity index (χ2n) is 7.53. The molecule has 2 aromatic rings. The van der Waals surface area contributed by atoms with E-state index < -0.39 is 10.2 Å². The van der Waals surface area contributed by atoms with Gasteiger partial charge in [-0.2, -0.15) is 12.7 Å². The zero-order chi connectivity index (χ0) is 20.6. The Morgan fingerprint density at radius 2 is 1.82 bits per heavy atom. The molecule has 0 bridgehead atoms. The monoisotopic (exact) mass is 401 g/mol. The van der Waals surface area contributed by atoms with Gasteiger partial charge in [-0.15, -0.1) is 0 Å². The standard InChI is InChI=1S/C21H27N3O3S/c1-15-10-11-16(2)20(12-15)23(28(26,27)22(4)5)14-21(25)24-17(3)13-18-8-6-7-9-19(18)24/h6-12,17H,13-14H2,1-5H3/t17-/m1/s1. The lowest BCUT2D eigenvalue weighted by Gasteiger charge is -2.31. The summed E-state index contributed by atoms with van der Waals surface area (Å²) in [5.41, 5.74) is 4.24. The molecule has 150 valence electrons. The highest BCUT2D eigenvalue weighted by molar-refractivity contribution is 7.90. The molecule has 0 saturated carbocycles. The number of aryl methyl sites for hydroxylation is 2. The Hall–Kier alpha value is -2.38. The molecule has 0 unspecified atom stereocenters. The summed E-state index contributed by atoms with van der Waals surface area (Å²) in [7, 11) is -0.876. The van der Waals surface area contributed by atoms with E-state index in [0.717, 1.165) is 33.1 Å². The van der Waals surface area contributed by atoms with E-state index in [1.807, 2.05) is 63.2 Å². The van der Waals surface area contributed by atoms with Crippen LogP contribution in [0.1, 0.15) is 23.6 Å². The van der Waals surface area contributed by atoms with Crippen LogP contribution in [0, 0.1) is 13.8 Å². The van der Waals surface area contributed by atoms with Gasteiger partial charge in [-0.05, 0) is 56.0 Å². The number of benzene rings is 2. The van der Waals surface area contributed by atoms with Crippen molar-refractivity contribution in [1.82, 2.24) is 4.31 Å². The van der Waals surface area contributed by atoms with E-state index in [4.69, 9.17) is 0 Å². The molecule has 0 saturated heterocycles. The van der Waals surface area contributed by atoms with Crippen LogP contribution < -0.4 is 9.21 Å². The van der Waals surface area contributed by atoms with Gasteiger partial charge in [-0.25, -0.2) is 4.31 Å². The molecule has 1 aliphatic rings. The summed E-state index contributed by atoms with van der Waals surface area (Å²) in [5, 5.41) is 0. The van der Waals surface area contributed by atoms with Crippen LogP contribution in [-0.4, -0.2) is 45.3 Å². The van der Waals surface area contributed by atoms with E-state index in [9.17, 15) is 13.2 Å². The minimum Gasteiger partial charge on any atom is -0.307 e. The van der Waals surface area contributed by atoms with Gasteiger partial charge in [0.15, 0.2) is 0 Å². The number of para-hydroxylation sites is 1. The lowest BCUT2D eigenvalue weighted by Crippen LogP contribution is -2.48. The maximum Gasteiger partial charge on any atom is 0.304 e. The molecule has 1 aliphatic heterocycles. The summed E-state index contributed by atoms with van der Waals surface area (Å²) in [4.78, 5) is 15.0. The molecule has 0 N–H and O–H groups in total. The van der Waals surface area contributed by atoms with Gasteiger partial charge in [-0.1, -0.05) is 30.3 Å². The van der Waals surface area contributed by atoms with Crippen molar-refractivity contribution in [2.24, 2.45) is 0 Å². The number of carbonyl (C=O) groups excluding carboxylic acids is 1. The minimum atomic E-state index is -3.83. The fourth-order valence-corrected chi connectivity index (χ4v) is 4.73. The molecule has 0 aromatic heterocycles. The van der Waals surface area contributed by atoms with Crippen molar-refractivity contribution >= 4 is 27.5 Å². The first-order valence-corrected chi connectivity index (χ1v) is 10.7. The third kappa shape index (κ3) is 3.64. The Labute approximate surface area is 167 Å². The fourth-order valence-electron chi connectivity index (χ4n) is 3.62. The molecule has 0 radical (unpaired) electrons. The number of rotatable bonds is 5. The predicted molar refractivity (Wildman–Crippen MR) is 113 cm³/mol. The van der Waals surface area contributed by atoms with Crippen molar-refractivity contribution < 1.29 is 13.2 Å². The average Bonchev–Trinajstić information content (AvgIpc) is 2.97. The number of nitrogens with zero attached hydrogens (tertiary/aromatic N) is 3. The van der Waals surface area contributed by atoms with Crippen LogP contribution in [0.5, 0.6) is 0 Å². The molecule has 7 heteroatoms. The SMILES string of the molecule is Cc1ccc(C)c(N(CC(=O)N2c3ccccc3C[C@H]2C)S(=O)(=O)N(C)C)c1. The molecule has 0 spiro atoms. The Morgan fingerprint density at radius 1 is 1.14 bits per heavy atom. The van der Waals surface area contributed by atoms with Gasteiger partial charge < -0.3 is 4.90 Å². The van der Waals surface area contributed by atoms with E-state index in [1.54, 1.807) is 4.90 Å². The second-order valence-corrected chi connectivity index (χ2v) is 9.60. The third-order valence-corrected chi connectivity index (χ3v) is 6.93. The summed E-state index contributed by atoms with van der Waals surface area (Å²) in [6, 6.07) is 13.4. The normalized spacial score (nSPS) is 16.4. The molecule has 1 atom stereocenters. The highest BCUT2D eigenvalue weighted by atomic mass is 32.2. The maximum absolute atomic E-state index is 13.3. The van der Waals surface area contributed by atoms with Gasteiger partial charge in [-0.3, -0.25) is 4.79 Å². The Bertz CT molecular complexity index is 1000. The van der Waals surface area contributed by atoms with Gasteiger partial charge in [0.05, 0.1) is 5.69 Å². The van der Waals surface area contributed by atoms with Crippen molar-refractivity contribution in [2.45, 2.75) is 33.2 Å². The first-order valence-electron chi connectivity index (χ1n) is 9.30. The van der Waals surface area contributed by atoms with Crippen molar-refractivity contribution in [3.05, 3.63) is 59.2 Å². The molecular weight excluding hydrogens is 374 g/mol. The smallest absolute Gasteiger partial charge is 0.304 e. The second kappa shape index (κ2) is 7.56. The summed E-state index contributed by atoms with van der Waals surface area (Å²) in [6.07, 6.45) is 0.770. The number of anilines is 2. The Morgan fingerprint density at radius 3 is 2.50 bits per heavy atom. The number of hydrogen-bond donors (Lipinski definition) is 0. The van der Waals surface area contributed by atoms with E-state index in [1.165, 1.54) is 18.4 Å². The van der Waals surface area contributed by atoms with Crippen LogP contribution in [0.25, 0.3) is 0 Å². The van der Waals surface area contributed by atoms with Gasteiger partial charge in [0, 0.05) is 25.8 Å². The zero-order valence-corrected chi connectivity index (χ0v) is 17.8. The fraction of sp³-hybridized carbons (Fsp3) is 0.381. The van der Waals surface area contributed by atoms with E-state index >= 15 is 0 Å². The summed E-state index contributed by atoms with van der Waals surface area (Å²) in [5.74, 6) is -0.233. The molecule has 1 amide bonds. The molecule has 0 fully saturated rings. The number of hydrogen-bond acceptors (Lipinski definition) is 3. The number of fused-ring (bicyclic) bond motifs is 1. The number of amides is 1. The molecule has 0 aliphatic carbocycles. The zero-order valence-electron chi connectivity index (χ0n) is 17.0. The van der Waals surface area contributed by atoms with Crippen LogP contribution in [0.4, 0.5) is 11.4 Å². The van der Waals surface area contributed by atoms with E-state index in [0.29, 0.717) is 5.69 Å². The third-order valence-electron chi connectivity index (χ3n) is 5.13. The largest absolute Gasteiger partial charge is 0.307 e. The summed E-state index contributed by atoms with van der Waals surface area (Å²) in [6.45, 7) is 5.50. The van der Waals surface area contributed by atoms with Crippen molar-refractivity contribution in [3.8, 4) is 0 Å². The van der Waals surface area contributed by atoms with Gasteiger partial charge in [0.1, 0.15) is 6.54 Å². The van der Waals surface area contributed by atoms with Crippen LogP contribution in [0.15, 0.2) is 42.5 Å². The van der Waals surface area contributed by atoms with E-state index in [-0.39, 0.29) is 18.5 Å². The van der Waals surface area contributed by atoms with Gasteiger partial charge in [0.25, 0.3) is 0 Å². The molecular formula is C21H27N3O3S. The van der Waals surface area contributed by atoms with Crippen molar-refractivity contribution in [3.63, 3.8) is 0 Å². The van der Waals surface area contributed by atoms with Crippen molar-refractivity contribution in [2.75, 3.05) is 29.8 Å². The quantitative estimate of drug-likeness (QED) is 0.774. The Kier molecular flexibility index (Phi) is 5.50. The molecule has 6 nitrogen and oxygen atoms in total. The van der Waals surface area contributed by atoms with E-state index in [2.05, 4.69) is 0 Å². The highest BCUT2D eigenvalue weighted by Gasteiger charge is 2.35. The van der Waals surface area contributed by atoms with Crippen LogP contribution in [0.2, 0.25) is 0 Å². The maximum atomic E-state index is 13.3. The lowest BCUT2D eigenvalue weighted by molar-refractivity contribution is -0.117. The number of carbonyl (C=O) groups is 1.